The summed E-state index contributed by atoms with van der Waals surface area (Å²) in [5, 5.41) is 0. The third-order valence-corrected chi connectivity index (χ3v) is 2.45. The molecule has 1 rings (SSSR count). The minimum Gasteiger partial charge on any atom is -0.458 e. The predicted molar refractivity (Wildman–Crippen MR) is 56.7 cm³/mol. The molecule has 2 nitrogen and oxygen atoms in total. The van der Waals surface area contributed by atoms with Crippen molar-refractivity contribution < 1.29 is 9.21 Å². The average Bonchev–Trinajstić information content (AvgIpc) is 2.47. The Bertz CT molecular complexity index is 291. The molecule has 0 aromatic carbocycles. The molecule has 0 saturated heterocycles. The molecule has 0 bridgehead atoms. The normalized spacial score (nSPS) is 10.5. The van der Waals surface area contributed by atoms with Gasteiger partial charge in [0.2, 0.25) is 0 Å². The molecule has 1 aromatic rings. The van der Waals surface area contributed by atoms with Crippen molar-refractivity contribution in [3.05, 3.63) is 23.2 Å². The largest absolute Gasteiger partial charge is 0.458 e. The minimum atomic E-state index is 0.134. The third-order valence-electron chi connectivity index (χ3n) is 2.45. The van der Waals surface area contributed by atoms with E-state index < -0.39 is 0 Å². The summed E-state index contributed by atoms with van der Waals surface area (Å²) in [6, 6.07) is 1.84. The smallest absolute Gasteiger partial charge is 0.198 e. The first-order valence-electron chi connectivity index (χ1n) is 5.25. The van der Waals surface area contributed by atoms with Crippen molar-refractivity contribution in [2.45, 2.75) is 46.5 Å². The van der Waals surface area contributed by atoms with Crippen LogP contribution in [0.15, 0.2) is 10.5 Å². The van der Waals surface area contributed by atoms with E-state index in [0.717, 1.165) is 30.6 Å². The lowest BCUT2D eigenvalue weighted by atomic mass is 10.1. The number of furan rings is 1. The average molecular weight is 194 g/mol. The minimum absolute atomic E-state index is 0.134. The molecule has 78 valence electrons. The Morgan fingerprint density at radius 2 is 2.07 bits per heavy atom. The van der Waals surface area contributed by atoms with E-state index in [1.165, 1.54) is 0 Å². The van der Waals surface area contributed by atoms with E-state index in [4.69, 9.17) is 4.42 Å². The Morgan fingerprint density at radius 1 is 1.36 bits per heavy atom. The van der Waals surface area contributed by atoms with Crippen LogP contribution in [0.3, 0.4) is 0 Å². The summed E-state index contributed by atoms with van der Waals surface area (Å²) in [5.41, 5.74) is 1.06. The molecule has 0 aliphatic heterocycles. The fourth-order valence-corrected chi connectivity index (χ4v) is 1.37. The van der Waals surface area contributed by atoms with E-state index in [9.17, 15) is 4.79 Å². The van der Waals surface area contributed by atoms with Gasteiger partial charge in [-0.25, -0.2) is 0 Å². The Morgan fingerprint density at radius 3 is 2.57 bits per heavy atom. The van der Waals surface area contributed by atoms with Gasteiger partial charge < -0.3 is 4.42 Å². The van der Waals surface area contributed by atoms with Gasteiger partial charge in [0.15, 0.2) is 11.5 Å². The van der Waals surface area contributed by atoms with Gasteiger partial charge in [-0.2, -0.15) is 0 Å². The van der Waals surface area contributed by atoms with Crippen LogP contribution in [-0.4, -0.2) is 5.78 Å². The summed E-state index contributed by atoms with van der Waals surface area (Å²) < 4.78 is 5.36. The van der Waals surface area contributed by atoms with Crippen LogP contribution < -0.4 is 0 Å². The van der Waals surface area contributed by atoms with Crippen LogP contribution in [0, 0.1) is 13.8 Å². The fourth-order valence-electron chi connectivity index (χ4n) is 1.37. The lowest BCUT2D eigenvalue weighted by Gasteiger charge is -1.95. The molecule has 14 heavy (non-hydrogen) atoms. The van der Waals surface area contributed by atoms with Gasteiger partial charge in [-0.05, 0) is 31.9 Å². The van der Waals surface area contributed by atoms with Gasteiger partial charge >= 0.3 is 0 Å². The van der Waals surface area contributed by atoms with E-state index in [0.29, 0.717) is 12.2 Å². The highest BCUT2D eigenvalue weighted by Crippen LogP contribution is 2.15. The van der Waals surface area contributed by atoms with Crippen LogP contribution in [0.4, 0.5) is 0 Å². The number of unbranched alkanes of at least 4 members (excludes halogenated alkanes) is 2. The van der Waals surface area contributed by atoms with Gasteiger partial charge in [0.25, 0.3) is 0 Å². The summed E-state index contributed by atoms with van der Waals surface area (Å²) in [5.74, 6) is 1.51. The Balaban J connectivity index is 2.52. The predicted octanol–water partition coefficient (Wildman–Crippen LogP) is 3.66. The van der Waals surface area contributed by atoms with Crippen molar-refractivity contribution in [3.63, 3.8) is 0 Å². The molecular weight excluding hydrogens is 176 g/mol. The molecule has 0 atom stereocenters. The van der Waals surface area contributed by atoms with E-state index in [-0.39, 0.29) is 5.78 Å². The maximum atomic E-state index is 11.6. The summed E-state index contributed by atoms with van der Waals surface area (Å²) in [6.45, 7) is 5.98. The van der Waals surface area contributed by atoms with Crippen LogP contribution in [0.1, 0.15) is 54.5 Å². The molecule has 0 aliphatic carbocycles. The second-order valence-electron chi connectivity index (χ2n) is 3.73. The number of Topliss-reactive ketones (excluding diaryl/α,β-unsaturated/α-hetero) is 1. The van der Waals surface area contributed by atoms with Crippen LogP contribution in [-0.2, 0) is 0 Å². The van der Waals surface area contributed by atoms with Crippen molar-refractivity contribution >= 4 is 5.78 Å². The second kappa shape index (κ2) is 4.99. The van der Waals surface area contributed by atoms with Gasteiger partial charge in [-0.3, -0.25) is 4.79 Å². The van der Waals surface area contributed by atoms with Gasteiger partial charge in [-0.15, -0.1) is 0 Å². The fraction of sp³-hybridized carbons (Fsp3) is 0.583. The molecule has 0 N–H and O–H groups in total. The lowest BCUT2D eigenvalue weighted by molar-refractivity contribution is 0.0951. The summed E-state index contributed by atoms with van der Waals surface area (Å²) >= 11 is 0. The standard InChI is InChI=1S/C12H18O2/c1-4-5-6-7-11(13)12-8-9(2)10(3)14-12/h8H,4-7H2,1-3H3. The topological polar surface area (TPSA) is 30.2 Å². The number of aryl methyl sites for hydroxylation is 2. The third kappa shape index (κ3) is 2.72. The SMILES string of the molecule is CCCCCC(=O)c1cc(C)c(C)o1. The maximum absolute atomic E-state index is 11.6. The van der Waals surface area contributed by atoms with E-state index in [1.807, 2.05) is 19.9 Å². The Hall–Kier alpha value is -1.05. The number of carbonyl (C=O) groups excluding carboxylic acids is 1. The van der Waals surface area contributed by atoms with Crippen LogP contribution in [0.5, 0.6) is 0 Å². The number of carbonyl (C=O) groups is 1. The van der Waals surface area contributed by atoms with Crippen LogP contribution in [0.25, 0.3) is 0 Å². The van der Waals surface area contributed by atoms with Gasteiger partial charge in [-0.1, -0.05) is 19.8 Å². The molecule has 0 amide bonds. The molecule has 0 aliphatic rings. The van der Waals surface area contributed by atoms with E-state index >= 15 is 0 Å². The zero-order valence-electron chi connectivity index (χ0n) is 9.22. The summed E-state index contributed by atoms with van der Waals surface area (Å²) in [6.07, 6.45) is 3.84. The first-order chi connectivity index (χ1) is 6.65. The van der Waals surface area contributed by atoms with Crippen molar-refractivity contribution in [2.75, 3.05) is 0 Å². The molecule has 0 spiro atoms. The summed E-state index contributed by atoms with van der Waals surface area (Å²) in [7, 11) is 0. The second-order valence-corrected chi connectivity index (χ2v) is 3.73. The van der Waals surface area contributed by atoms with Gasteiger partial charge in [0, 0.05) is 6.42 Å². The zero-order valence-corrected chi connectivity index (χ0v) is 9.22. The molecule has 0 unspecified atom stereocenters. The summed E-state index contributed by atoms with van der Waals surface area (Å²) in [4.78, 5) is 11.6. The van der Waals surface area contributed by atoms with Crippen LogP contribution in [0.2, 0.25) is 0 Å². The van der Waals surface area contributed by atoms with Crippen molar-refractivity contribution in [1.82, 2.24) is 0 Å². The number of rotatable bonds is 5. The highest BCUT2D eigenvalue weighted by atomic mass is 16.3. The van der Waals surface area contributed by atoms with Crippen LogP contribution >= 0.6 is 0 Å². The van der Waals surface area contributed by atoms with Crippen molar-refractivity contribution in [1.29, 1.82) is 0 Å². The first-order valence-corrected chi connectivity index (χ1v) is 5.25. The van der Waals surface area contributed by atoms with Crippen molar-refractivity contribution in [2.24, 2.45) is 0 Å². The maximum Gasteiger partial charge on any atom is 0.198 e. The van der Waals surface area contributed by atoms with Crippen molar-refractivity contribution in [3.8, 4) is 0 Å². The number of ketones is 1. The quantitative estimate of drug-likeness (QED) is 0.529. The Kier molecular flexibility index (Phi) is 3.93. The van der Waals surface area contributed by atoms with E-state index in [1.54, 1.807) is 0 Å². The molecule has 0 radical (unpaired) electrons. The molecule has 1 heterocycles. The molecule has 2 heteroatoms. The lowest BCUT2D eigenvalue weighted by Crippen LogP contribution is -1.96. The van der Waals surface area contributed by atoms with Gasteiger partial charge in [0.05, 0.1) is 0 Å². The molecule has 1 aromatic heterocycles. The van der Waals surface area contributed by atoms with Gasteiger partial charge in [0.1, 0.15) is 5.76 Å². The molecule has 0 fully saturated rings. The monoisotopic (exact) mass is 194 g/mol. The molecular formula is C12H18O2. The first kappa shape index (κ1) is 11.0. The Labute approximate surface area is 85.3 Å². The number of hydrogen-bond acceptors (Lipinski definition) is 2. The van der Waals surface area contributed by atoms with E-state index in [2.05, 4.69) is 6.92 Å². The highest BCUT2D eigenvalue weighted by molar-refractivity contribution is 5.93. The zero-order chi connectivity index (χ0) is 10.6. The molecule has 0 saturated carbocycles. The highest BCUT2D eigenvalue weighted by Gasteiger charge is 2.11. The number of hydrogen-bond donors (Lipinski definition) is 0.